The molecule has 4 heteroatoms. The zero-order chi connectivity index (χ0) is 18.7. The molecule has 0 unspecified atom stereocenters. The van der Waals surface area contributed by atoms with Crippen LogP contribution in [0, 0.1) is 18.3 Å². The number of hydrogen-bond acceptors (Lipinski definition) is 2. The van der Waals surface area contributed by atoms with Crippen LogP contribution in [-0.2, 0) is 16.1 Å². The molecule has 3 rings (SSSR count). The van der Waals surface area contributed by atoms with Gasteiger partial charge >= 0.3 is 0 Å². The lowest BCUT2D eigenvalue weighted by molar-refractivity contribution is -0.147. The van der Waals surface area contributed by atoms with Crippen molar-refractivity contribution in [1.29, 1.82) is 0 Å². The Morgan fingerprint density at radius 2 is 1.96 bits per heavy atom. The first-order valence-electron chi connectivity index (χ1n) is 10.1. The number of carbonyl (C=O) groups is 2. The van der Waals surface area contributed by atoms with Crippen molar-refractivity contribution in [3.63, 3.8) is 0 Å². The topological polar surface area (TPSA) is 40.6 Å². The Kier molecular flexibility index (Phi) is 5.69. The number of aryl methyl sites for hydroxylation is 1. The van der Waals surface area contributed by atoms with Crippen LogP contribution in [0.5, 0.6) is 0 Å². The minimum atomic E-state index is -0.343. The van der Waals surface area contributed by atoms with Crippen molar-refractivity contribution >= 4 is 11.8 Å². The van der Waals surface area contributed by atoms with Gasteiger partial charge < -0.3 is 9.80 Å². The predicted octanol–water partition coefficient (Wildman–Crippen LogP) is 3.77. The van der Waals surface area contributed by atoms with Gasteiger partial charge in [-0.3, -0.25) is 9.59 Å². The third-order valence-electron chi connectivity index (χ3n) is 6.28. The summed E-state index contributed by atoms with van der Waals surface area (Å²) in [6, 6.07) is 8.40. The minimum Gasteiger partial charge on any atom is -0.341 e. The molecule has 2 fully saturated rings. The van der Waals surface area contributed by atoms with E-state index in [1.165, 1.54) is 11.1 Å². The van der Waals surface area contributed by atoms with Crippen molar-refractivity contribution in [3.05, 3.63) is 35.4 Å². The Morgan fingerprint density at radius 3 is 2.65 bits per heavy atom. The van der Waals surface area contributed by atoms with E-state index in [2.05, 4.69) is 45.0 Å². The summed E-state index contributed by atoms with van der Waals surface area (Å²) in [6.45, 7) is 9.10. The Hall–Kier alpha value is -1.84. The molecule has 1 aromatic carbocycles. The first-order valence-corrected chi connectivity index (χ1v) is 10.1. The molecule has 4 nitrogen and oxygen atoms in total. The van der Waals surface area contributed by atoms with E-state index in [1.807, 2.05) is 9.80 Å². The van der Waals surface area contributed by atoms with Gasteiger partial charge in [0.25, 0.3) is 0 Å². The number of hydrogen-bond donors (Lipinski definition) is 0. The lowest BCUT2D eigenvalue weighted by Crippen LogP contribution is -2.50. The van der Waals surface area contributed by atoms with Crippen LogP contribution in [0.25, 0.3) is 0 Å². The van der Waals surface area contributed by atoms with Crippen molar-refractivity contribution in [2.75, 3.05) is 19.6 Å². The van der Waals surface area contributed by atoms with E-state index >= 15 is 0 Å². The van der Waals surface area contributed by atoms with Gasteiger partial charge in [-0.25, -0.2) is 0 Å². The zero-order valence-electron chi connectivity index (χ0n) is 16.5. The summed E-state index contributed by atoms with van der Waals surface area (Å²) >= 11 is 0. The van der Waals surface area contributed by atoms with E-state index in [0.29, 0.717) is 13.1 Å². The maximum atomic E-state index is 13.3. The second-order valence-electron chi connectivity index (χ2n) is 8.12. The molecule has 2 aliphatic rings. The van der Waals surface area contributed by atoms with Crippen molar-refractivity contribution < 1.29 is 9.59 Å². The van der Waals surface area contributed by atoms with Crippen LogP contribution in [0.2, 0.25) is 0 Å². The molecule has 142 valence electrons. The normalized spacial score (nSPS) is 23.3. The fourth-order valence-electron chi connectivity index (χ4n) is 4.67. The van der Waals surface area contributed by atoms with Crippen LogP contribution < -0.4 is 0 Å². The monoisotopic (exact) mass is 356 g/mol. The third kappa shape index (κ3) is 3.65. The summed E-state index contributed by atoms with van der Waals surface area (Å²) in [6.07, 6.45) is 4.54. The number of rotatable bonds is 5. The van der Waals surface area contributed by atoms with E-state index in [9.17, 15) is 9.59 Å². The van der Waals surface area contributed by atoms with Gasteiger partial charge in [-0.15, -0.1) is 0 Å². The van der Waals surface area contributed by atoms with Gasteiger partial charge in [0.05, 0.1) is 5.41 Å². The van der Waals surface area contributed by atoms with Gasteiger partial charge in [0.1, 0.15) is 0 Å². The Labute approximate surface area is 157 Å². The molecule has 0 saturated carbocycles. The van der Waals surface area contributed by atoms with E-state index in [4.69, 9.17) is 0 Å². The molecule has 26 heavy (non-hydrogen) atoms. The predicted molar refractivity (Wildman–Crippen MR) is 104 cm³/mol. The molecule has 0 aliphatic carbocycles. The third-order valence-corrected chi connectivity index (χ3v) is 6.28. The summed E-state index contributed by atoms with van der Waals surface area (Å²) in [7, 11) is 0. The fourth-order valence-corrected chi connectivity index (χ4v) is 4.67. The summed E-state index contributed by atoms with van der Waals surface area (Å²) in [5, 5.41) is 0. The lowest BCUT2D eigenvalue weighted by Gasteiger charge is -2.39. The van der Waals surface area contributed by atoms with Gasteiger partial charge in [-0.05, 0) is 44.6 Å². The van der Waals surface area contributed by atoms with E-state index in [-0.39, 0.29) is 23.1 Å². The molecule has 1 spiro atoms. The summed E-state index contributed by atoms with van der Waals surface area (Å²) in [5.74, 6) is 0.604. The molecule has 0 radical (unpaired) electrons. The SMILES string of the molecule is CCC(CC)C(=O)N1CC[C@@]2(CCCN(Cc3cccc(C)c3)C2=O)C1. The van der Waals surface area contributed by atoms with Gasteiger partial charge in [0.15, 0.2) is 0 Å². The average molecular weight is 357 g/mol. The number of nitrogens with zero attached hydrogens (tertiary/aromatic N) is 2. The van der Waals surface area contributed by atoms with Crippen molar-refractivity contribution in [1.82, 2.24) is 9.80 Å². The summed E-state index contributed by atoms with van der Waals surface area (Å²) in [4.78, 5) is 30.0. The highest BCUT2D eigenvalue weighted by Gasteiger charge is 2.49. The number of piperidine rings is 1. The molecule has 1 aromatic rings. The first-order chi connectivity index (χ1) is 12.5. The van der Waals surface area contributed by atoms with E-state index < -0.39 is 0 Å². The highest BCUT2D eigenvalue weighted by molar-refractivity contribution is 5.86. The van der Waals surface area contributed by atoms with Gasteiger partial charge in [0.2, 0.25) is 11.8 Å². The lowest BCUT2D eigenvalue weighted by atomic mass is 9.78. The van der Waals surface area contributed by atoms with Crippen molar-refractivity contribution in [2.45, 2.75) is 59.4 Å². The average Bonchev–Trinajstić information content (AvgIpc) is 3.05. The number of amides is 2. The Bertz CT molecular complexity index is 668. The molecule has 2 amide bonds. The van der Waals surface area contributed by atoms with Crippen LogP contribution >= 0.6 is 0 Å². The second-order valence-corrected chi connectivity index (χ2v) is 8.12. The van der Waals surface area contributed by atoms with Gasteiger partial charge in [-0.1, -0.05) is 43.7 Å². The van der Waals surface area contributed by atoms with Crippen LogP contribution in [0.3, 0.4) is 0 Å². The Morgan fingerprint density at radius 1 is 1.19 bits per heavy atom. The van der Waals surface area contributed by atoms with Crippen LogP contribution in [-0.4, -0.2) is 41.2 Å². The molecule has 2 saturated heterocycles. The summed E-state index contributed by atoms with van der Waals surface area (Å²) < 4.78 is 0. The quantitative estimate of drug-likeness (QED) is 0.806. The highest BCUT2D eigenvalue weighted by Crippen LogP contribution is 2.41. The zero-order valence-corrected chi connectivity index (χ0v) is 16.5. The maximum absolute atomic E-state index is 13.3. The molecule has 1 atom stereocenters. The maximum Gasteiger partial charge on any atom is 0.230 e. The van der Waals surface area contributed by atoms with Crippen LogP contribution in [0.4, 0.5) is 0 Å². The van der Waals surface area contributed by atoms with Gasteiger partial charge in [0, 0.05) is 32.1 Å². The number of carbonyl (C=O) groups excluding carboxylic acids is 2. The highest BCUT2D eigenvalue weighted by atomic mass is 16.2. The fraction of sp³-hybridized carbons (Fsp3) is 0.636. The molecule has 0 bridgehead atoms. The molecule has 2 heterocycles. The molecule has 2 aliphatic heterocycles. The second kappa shape index (κ2) is 7.81. The summed E-state index contributed by atoms with van der Waals surface area (Å²) in [5.41, 5.74) is 2.08. The standard InChI is InChI=1S/C22H32N2O2/c1-4-19(5-2)20(25)24-13-11-22(16-24)10-7-12-23(21(22)26)15-18-9-6-8-17(3)14-18/h6,8-9,14,19H,4-5,7,10-13,15-16H2,1-3H3/t22-/m0/s1. The van der Waals surface area contributed by atoms with Gasteiger partial charge in [-0.2, -0.15) is 0 Å². The molecule has 0 N–H and O–H groups in total. The smallest absolute Gasteiger partial charge is 0.230 e. The van der Waals surface area contributed by atoms with Crippen LogP contribution in [0.15, 0.2) is 24.3 Å². The van der Waals surface area contributed by atoms with Crippen molar-refractivity contribution in [2.24, 2.45) is 11.3 Å². The number of benzene rings is 1. The molecular formula is C22H32N2O2. The van der Waals surface area contributed by atoms with Crippen LogP contribution in [0.1, 0.15) is 57.1 Å². The van der Waals surface area contributed by atoms with E-state index in [0.717, 1.165) is 45.2 Å². The largest absolute Gasteiger partial charge is 0.341 e. The number of likely N-dealkylation sites (tertiary alicyclic amines) is 2. The van der Waals surface area contributed by atoms with Crippen molar-refractivity contribution in [3.8, 4) is 0 Å². The minimum absolute atomic E-state index is 0.104. The first kappa shape index (κ1) is 18.9. The molecular weight excluding hydrogens is 324 g/mol. The molecule has 0 aromatic heterocycles. The Balaban J connectivity index is 1.70. The van der Waals surface area contributed by atoms with E-state index in [1.54, 1.807) is 0 Å².